The van der Waals surface area contributed by atoms with Crippen LogP contribution in [0.1, 0.15) is 27.7 Å². The lowest BCUT2D eigenvalue weighted by atomic mass is 9.85. The first kappa shape index (κ1) is 11.9. The van der Waals surface area contributed by atoms with Crippen molar-refractivity contribution >= 4 is 25.0 Å². The van der Waals surface area contributed by atoms with Gasteiger partial charge in [0.05, 0.1) is 16.8 Å². The number of nitrogens with zero attached hydrogens (tertiary/aromatic N) is 2. The van der Waals surface area contributed by atoms with E-state index in [1.165, 1.54) is 6.20 Å². The van der Waals surface area contributed by atoms with Gasteiger partial charge in [-0.15, -0.1) is 3.89 Å². The molecule has 0 atom stereocenters. The Kier molecular flexibility index (Phi) is 2.80. The quantitative estimate of drug-likeness (QED) is 0.740. The summed E-state index contributed by atoms with van der Waals surface area (Å²) >= 11 is 0.0427. The summed E-state index contributed by atoms with van der Waals surface area (Å²) in [7, 11) is -0.529. The summed E-state index contributed by atoms with van der Waals surface area (Å²) in [4.78, 5) is 0. The van der Waals surface area contributed by atoms with Crippen LogP contribution in [0, 0.1) is 0 Å². The molecule has 1 aliphatic rings. The molecule has 16 heavy (non-hydrogen) atoms. The largest absolute Gasteiger partial charge is 0.516 e. The Morgan fingerprint density at radius 3 is 2.31 bits per heavy atom. The Bertz CT molecular complexity index is 381. The molecule has 1 aliphatic heterocycles. The number of hydrogen-bond acceptors (Lipinski definition) is 4. The summed E-state index contributed by atoms with van der Waals surface area (Å²) in [5.41, 5.74) is -0.210. The van der Waals surface area contributed by atoms with Gasteiger partial charge in [-0.2, -0.15) is 9.19 Å². The van der Waals surface area contributed by atoms with Gasteiger partial charge in [0, 0.05) is 6.20 Å². The molecule has 4 nitrogen and oxygen atoms in total. The minimum Gasteiger partial charge on any atom is -0.398 e. The maximum absolute atomic E-state index is 12.3. The third-order valence-corrected chi connectivity index (χ3v) is 3.50. The molecule has 0 N–H and O–H groups in total. The molecular weight excluding hydrogens is 230 g/mol. The van der Waals surface area contributed by atoms with Crippen LogP contribution in [-0.4, -0.2) is 27.5 Å². The van der Waals surface area contributed by atoms with E-state index in [0.29, 0.717) is 5.59 Å². The molecule has 0 aliphatic carbocycles. The predicted molar refractivity (Wildman–Crippen MR) is 62.0 cm³/mol. The topological polar surface area (TPSA) is 36.3 Å². The molecule has 1 aromatic heterocycles. The summed E-state index contributed by atoms with van der Waals surface area (Å²) in [6.07, 6.45) is 1.53. The van der Waals surface area contributed by atoms with E-state index in [4.69, 9.17) is 9.31 Å². The van der Waals surface area contributed by atoms with Crippen molar-refractivity contribution in [2.24, 2.45) is 0 Å². The zero-order valence-electron chi connectivity index (χ0n) is 9.73. The van der Waals surface area contributed by atoms with Gasteiger partial charge >= 0.3 is 7.12 Å². The lowest BCUT2D eigenvalue weighted by molar-refractivity contribution is 0.00578. The fourth-order valence-corrected chi connectivity index (χ4v) is 1.68. The van der Waals surface area contributed by atoms with Crippen molar-refractivity contribution in [2.45, 2.75) is 38.9 Å². The van der Waals surface area contributed by atoms with Crippen molar-refractivity contribution in [1.29, 1.82) is 0 Å². The standard InChI is InChI=1S/C9H14BFN2O2S/c1-8(2)9(3,4)15-10(14-8)7-5-6-13(12-7)16-11/h5-6H,1-4H3. The summed E-state index contributed by atoms with van der Waals surface area (Å²) in [5.74, 6) is 0. The lowest BCUT2D eigenvalue weighted by Crippen LogP contribution is -2.41. The molecule has 0 amide bonds. The van der Waals surface area contributed by atoms with Crippen LogP contribution in [-0.2, 0) is 9.31 Å². The molecule has 7 heteroatoms. The van der Waals surface area contributed by atoms with Crippen molar-refractivity contribution in [2.75, 3.05) is 0 Å². The van der Waals surface area contributed by atoms with Crippen LogP contribution in [0.3, 0.4) is 0 Å². The normalized spacial score (nSPS) is 22.7. The minimum atomic E-state index is -0.529. The maximum Gasteiger partial charge on any atom is 0.516 e. The maximum atomic E-state index is 12.3. The summed E-state index contributed by atoms with van der Waals surface area (Å²) in [6.45, 7) is 7.86. The first-order chi connectivity index (χ1) is 7.36. The Hall–Kier alpha value is -0.525. The van der Waals surface area contributed by atoms with Crippen LogP contribution in [0.2, 0.25) is 0 Å². The smallest absolute Gasteiger partial charge is 0.398 e. The van der Waals surface area contributed by atoms with Gasteiger partial charge in [-0.3, -0.25) is 0 Å². The fourth-order valence-electron chi connectivity index (χ4n) is 1.45. The average Bonchev–Trinajstić information content (AvgIpc) is 2.70. The minimum absolute atomic E-state index is 0.0427. The van der Waals surface area contributed by atoms with E-state index in [1.807, 2.05) is 27.7 Å². The number of rotatable bonds is 2. The molecule has 0 bridgehead atoms. The van der Waals surface area contributed by atoms with Gasteiger partial charge in [0.1, 0.15) is 0 Å². The monoisotopic (exact) mass is 244 g/mol. The summed E-state index contributed by atoms with van der Waals surface area (Å²) < 4.78 is 24.9. The predicted octanol–water partition coefficient (Wildman–Crippen LogP) is 1.56. The highest BCUT2D eigenvalue weighted by Crippen LogP contribution is 2.36. The number of halogens is 1. The second kappa shape index (κ2) is 3.75. The van der Waals surface area contributed by atoms with Gasteiger partial charge in [0.2, 0.25) is 0 Å². The SMILES string of the molecule is CC1(C)OB(c2ccn(SF)n2)OC1(C)C. The zero-order chi connectivity index (χ0) is 12.0. The van der Waals surface area contributed by atoms with Crippen LogP contribution in [0.25, 0.3) is 0 Å². The summed E-state index contributed by atoms with van der Waals surface area (Å²) in [6, 6.07) is 1.69. The van der Waals surface area contributed by atoms with Crippen molar-refractivity contribution in [1.82, 2.24) is 9.19 Å². The summed E-state index contributed by atoms with van der Waals surface area (Å²) in [5, 5.41) is 4.00. The van der Waals surface area contributed by atoms with Crippen molar-refractivity contribution in [3.05, 3.63) is 12.3 Å². The van der Waals surface area contributed by atoms with Crippen LogP contribution < -0.4 is 5.59 Å². The van der Waals surface area contributed by atoms with E-state index < -0.39 is 18.3 Å². The fraction of sp³-hybridized carbons (Fsp3) is 0.667. The van der Waals surface area contributed by atoms with Gasteiger partial charge in [-0.05, 0) is 33.8 Å². The Balaban J connectivity index is 2.20. The van der Waals surface area contributed by atoms with Crippen LogP contribution in [0.15, 0.2) is 12.3 Å². The molecular formula is C9H14BFN2O2S. The van der Waals surface area contributed by atoms with Crippen molar-refractivity contribution in [3.8, 4) is 0 Å². The first-order valence-electron chi connectivity index (χ1n) is 5.06. The second-order valence-corrected chi connectivity index (χ2v) is 5.31. The van der Waals surface area contributed by atoms with Crippen LogP contribution in [0.4, 0.5) is 3.89 Å². The van der Waals surface area contributed by atoms with Crippen LogP contribution >= 0.6 is 12.3 Å². The molecule has 1 saturated heterocycles. The van der Waals surface area contributed by atoms with Gasteiger partial charge in [0.15, 0.2) is 12.3 Å². The molecule has 0 saturated carbocycles. The second-order valence-electron chi connectivity index (χ2n) is 4.80. The van der Waals surface area contributed by atoms with Crippen molar-refractivity contribution in [3.63, 3.8) is 0 Å². The van der Waals surface area contributed by atoms with E-state index >= 15 is 0 Å². The third kappa shape index (κ3) is 1.87. The Morgan fingerprint density at radius 2 is 1.88 bits per heavy atom. The lowest BCUT2D eigenvalue weighted by Gasteiger charge is -2.32. The molecule has 88 valence electrons. The first-order valence-corrected chi connectivity index (χ1v) is 5.73. The van der Waals surface area contributed by atoms with Gasteiger partial charge in [-0.25, -0.2) is 0 Å². The van der Waals surface area contributed by atoms with Gasteiger partial charge in [0.25, 0.3) is 0 Å². The highest BCUT2D eigenvalue weighted by molar-refractivity contribution is 7.92. The van der Waals surface area contributed by atoms with E-state index in [9.17, 15) is 3.89 Å². The van der Waals surface area contributed by atoms with Gasteiger partial charge in [-0.1, -0.05) is 0 Å². The number of hydrogen-bond donors (Lipinski definition) is 0. The van der Waals surface area contributed by atoms with E-state index in [-0.39, 0.29) is 12.3 Å². The molecule has 0 radical (unpaired) electrons. The molecule has 0 spiro atoms. The molecule has 2 rings (SSSR count). The number of aromatic nitrogens is 2. The Labute approximate surface area is 99.1 Å². The average molecular weight is 244 g/mol. The van der Waals surface area contributed by atoms with E-state index in [0.717, 1.165) is 4.09 Å². The molecule has 1 fully saturated rings. The van der Waals surface area contributed by atoms with Crippen molar-refractivity contribution < 1.29 is 13.2 Å². The molecule has 0 aromatic carbocycles. The highest BCUT2D eigenvalue weighted by atomic mass is 32.2. The molecule has 0 unspecified atom stereocenters. The third-order valence-electron chi connectivity index (χ3n) is 3.15. The van der Waals surface area contributed by atoms with E-state index in [2.05, 4.69) is 5.10 Å². The zero-order valence-corrected chi connectivity index (χ0v) is 10.5. The van der Waals surface area contributed by atoms with E-state index in [1.54, 1.807) is 6.07 Å². The highest BCUT2D eigenvalue weighted by Gasteiger charge is 2.52. The van der Waals surface area contributed by atoms with Crippen LogP contribution in [0.5, 0.6) is 0 Å². The Morgan fingerprint density at radius 1 is 1.31 bits per heavy atom. The van der Waals surface area contributed by atoms with Gasteiger partial charge < -0.3 is 9.31 Å². The molecule has 2 heterocycles. The molecule has 1 aromatic rings.